The fourth-order valence-electron chi connectivity index (χ4n) is 2.96. The van der Waals surface area contributed by atoms with E-state index in [1.807, 2.05) is 13.8 Å². The lowest BCUT2D eigenvalue weighted by molar-refractivity contribution is -0.146. The number of rotatable bonds is 5. The van der Waals surface area contributed by atoms with Crippen LogP contribution >= 0.6 is 0 Å². The van der Waals surface area contributed by atoms with Crippen LogP contribution in [0.15, 0.2) is 18.2 Å². The number of amides is 1. The topological polar surface area (TPSA) is 66.8 Å². The van der Waals surface area contributed by atoms with Crippen LogP contribution in [0, 0.1) is 13.8 Å². The fraction of sp³-hybridized carbons (Fsp3) is 0.529. The van der Waals surface area contributed by atoms with Crippen LogP contribution in [0.4, 0.5) is 0 Å². The van der Waals surface area contributed by atoms with Gasteiger partial charge in [0.15, 0.2) is 0 Å². The number of carbonyl (C=O) groups is 2. The van der Waals surface area contributed by atoms with Gasteiger partial charge in [0.05, 0.1) is 25.7 Å². The molecule has 0 aliphatic carbocycles. The molecular weight excluding hydrogens is 282 g/mol. The maximum Gasteiger partial charge on any atom is 0.305 e. The standard InChI is InChI=1S/C17H23NO4/c1-12-7-13(2)9-14(8-12)3-4-16(19)18-5-6-22-11-15(18)10-17(20)21/h7-9,15H,3-6,10-11H2,1-2H3,(H,20,21). The van der Waals surface area contributed by atoms with Crippen LogP contribution in [0.25, 0.3) is 0 Å². The first-order valence-corrected chi connectivity index (χ1v) is 7.62. The molecule has 1 amide bonds. The number of carboxylic acids is 1. The number of carbonyl (C=O) groups excluding carboxylic acids is 1. The van der Waals surface area contributed by atoms with Crippen molar-refractivity contribution in [3.05, 3.63) is 34.9 Å². The summed E-state index contributed by atoms with van der Waals surface area (Å²) in [5, 5.41) is 8.94. The second-order valence-electron chi connectivity index (χ2n) is 5.91. The highest BCUT2D eigenvalue weighted by molar-refractivity contribution is 5.78. The summed E-state index contributed by atoms with van der Waals surface area (Å²) in [7, 11) is 0. The minimum absolute atomic E-state index is 0.00806. The van der Waals surface area contributed by atoms with Crippen LogP contribution in [0.3, 0.4) is 0 Å². The number of carboxylic acid groups (broad SMARTS) is 1. The minimum Gasteiger partial charge on any atom is -0.481 e. The van der Waals surface area contributed by atoms with Crippen LogP contribution in [0.2, 0.25) is 0 Å². The van der Waals surface area contributed by atoms with E-state index in [9.17, 15) is 9.59 Å². The molecule has 0 radical (unpaired) electrons. The Morgan fingerprint density at radius 2 is 1.95 bits per heavy atom. The molecule has 1 aliphatic rings. The van der Waals surface area contributed by atoms with Crippen molar-refractivity contribution in [3.63, 3.8) is 0 Å². The monoisotopic (exact) mass is 305 g/mol. The van der Waals surface area contributed by atoms with E-state index >= 15 is 0 Å². The van der Waals surface area contributed by atoms with Gasteiger partial charge in [-0.2, -0.15) is 0 Å². The van der Waals surface area contributed by atoms with Crippen molar-refractivity contribution in [2.75, 3.05) is 19.8 Å². The van der Waals surface area contributed by atoms with E-state index in [1.165, 1.54) is 11.1 Å². The van der Waals surface area contributed by atoms with Gasteiger partial charge < -0.3 is 14.7 Å². The van der Waals surface area contributed by atoms with Crippen LogP contribution in [-0.2, 0) is 20.7 Å². The number of hydrogen-bond acceptors (Lipinski definition) is 3. The van der Waals surface area contributed by atoms with Gasteiger partial charge in [-0.15, -0.1) is 0 Å². The first kappa shape index (κ1) is 16.5. The Bertz CT molecular complexity index is 535. The van der Waals surface area contributed by atoms with Crippen molar-refractivity contribution in [3.8, 4) is 0 Å². The molecule has 0 saturated carbocycles. The molecule has 5 heteroatoms. The highest BCUT2D eigenvalue weighted by atomic mass is 16.5. The first-order valence-electron chi connectivity index (χ1n) is 7.62. The highest BCUT2D eigenvalue weighted by Crippen LogP contribution is 2.15. The van der Waals surface area contributed by atoms with E-state index in [4.69, 9.17) is 9.84 Å². The predicted octanol–water partition coefficient (Wildman–Crippen LogP) is 1.94. The van der Waals surface area contributed by atoms with Crippen molar-refractivity contribution in [2.24, 2.45) is 0 Å². The Labute approximate surface area is 130 Å². The Morgan fingerprint density at radius 3 is 2.59 bits per heavy atom. The van der Waals surface area contributed by atoms with Crippen LogP contribution < -0.4 is 0 Å². The Morgan fingerprint density at radius 1 is 1.27 bits per heavy atom. The van der Waals surface area contributed by atoms with Crippen molar-refractivity contribution in [2.45, 2.75) is 39.2 Å². The zero-order chi connectivity index (χ0) is 16.1. The molecule has 1 heterocycles. The number of benzene rings is 1. The van der Waals surface area contributed by atoms with Crippen LogP contribution in [0.5, 0.6) is 0 Å². The average molecular weight is 305 g/mol. The van der Waals surface area contributed by atoms with Gasteiger partial charge in [-0.25, -0.2) is 0 Å². The van der Waals surface area contributed by atoms with Gasteiger partial charge in [0, 0.05) is 13.0 Å². The molecule has 1 unspecified atom stereocenters. The van der Waals surface area contributed by atoms with Crippen LogP contribution in [0.1, 0.15) is 29.5 Å². The molecule has 1 N–H and O–H groups in total. The lowest BCUT2D eigenvalue weighted by Crippen LogP contribution is -2.49. The molecule has 0 spiro atoms. The van der Waals surface area contributed by atoms with Crippen LogP contribution in [-0.4, -0.2) is 47.7 Å². The number of morpholine rings is 1. The zero-order valence-electron chi connectivity index (χ0n) is 13.2. The Kier molecular flexibility index (Phi) is 5.55. The molecule has 1 atom stereocenters. The molecule has 0 bridgehead atoms. The third-order valence-electron chi connectivity index (χ3n) is 3.87. The smallest absolute Gasteiger partial charge is 0.305 e. The highest BCUT2D eigenvalue weighted by Gasteiger charge is 2.28. The maximum absolute atomic E-state index is 12.4. The van der Waals surface area contributed by atoms with Gasteiger partial charge >= 0.3 is 5.97 Å². The quantitative estimate of drug-likeness (QED) is 0.903. The van der Waals surface area contributed by atoms with Gasteiger partial charge in [0.1, 0.15) is 0 Å². The summed E-state index contributed by atoms with van der Waals surface area (Å²) in [6.45, 7) is 5.35. The molecule has 120 valence electrons. The van der Waals surface area contributed by atoms with Gasteiger partial charge in [-0.05, 0) is 25.8 Å². The fourth-order valence-corrected chi connectivity index (χ4v) is 2.96. The Balaban J connectivity index is 1.96. The first-order chi connectivity index (χ1) is 10.5. The molecule has 1 fully saturated rings. The number of aliphatic carboxylic acids is 1. The molecule has 2 rings (SSSR count). The van der Waals surface area contributed by atoms with E-state index in [0.717, 1.165) is 5.56 Å². The van der Waals surface area contributed by atoms with E-state index in [2.05, 4.69) is 18.2 Å². The number of ether oxygens (including phenoxy) is 1. The second kappa shape index (κ2) is 7.40. The van der Waals surface area contributed by atoms with Gasteiger partial charge in [-0.3, -0.25) is 9.59 Å². The Hall–Kier alpha value is -1.88. The number of nitrogens with zero attached hydrogens (tertiary/aromatic N) is 1. The third kappa shape index (κ3) is 4.56. The maximum atomic E-state index is 12.4. The average Bonchev–Trinajstić information content (AvgIpc) is 2.44. The van der Waals surface area contributed by atoms with Gasteiger partial charge in [-0.1, -0.05) is 29.3 Å². The molecule has 1 saturated heterocycles. The van der Waals surface area contributed by atoms with Crippen molar-refractivity contribution in [1.82, 2.24) is 4.90 Å². The second-order valence-corrected chi connectivity index (χ2v) is 5.91. The van der Waals surface area contributed by atoms with Gasteiger partial charge in [0.2, 0.25) is 5.91 Å². The van der Waals surface area contributed by atoms with Crippen molar-refractivity contribution in [1.29, 1.82) is 0 Å². The van der Waals surface area contributed by atoms with Crippen molar-refractivity contribution >= 4 is 11.9 Å². The lowest BCUT2D eigenvalue weighted by atomic mass is 10.0. The largest absolute Gasteiger partial charge is 0.481 e. The summed E-state index contributed by atoms with van der Waals surface area (Å²) in [4.78, 5) is 25.0. The van der Waals surface area contributed by atoms with Gasteiger partial charge in [0.25, 0.3) is 0 Å². The molecule has 22 heavy (non-hydrogen) atoms. The lowest BCUT2D eigenvalue weighted by Gasteiger charge is -2.35. The SMILES string of the molecule is Cc1cc(C)cc(CCC(=O)N2CCOCC2CC(=O)O)c1. The normalized spacial score (nSPS) is 18.3. The number of aryl methyl sites for hydroxylation is 3. The molecule has 1 aromatic rings. The summed E-state index contributed by atoms with van der Waals surface area (Å²) in [6.07, 6.45) is 1.02. The number of hydrogen-bond donors (Lipinski definition) is 1. The summed E-state index contributed by atoms with van der Waals surface area (Å²) in [5.74, 6) is -0.892. The van der Waals surface area contributed by atoms with E-state index in [1.54, 1.807) is 4.90 Å². The third-order valence-corrected chi connectivity index (χ3v) is 3.87. The predicted molar refractivity (Wildman–Crippen MR) is 82.8 cm³/mol. The zero-order valence-corrected chi connectivity index (χ0v) is 13.2. The molecule has 1 aliphatic heterocycles. The molecule has 5 nitrogen and oxygen atoms in total. The molecule has 0 aromatic heterocycles. The van der Waals surface area contributed by atoms with E-state index in [0.29, 0.717) is 32.6 Å². The van der Waals surface area contributed by atoms with E-state index < -0.39 is 5.97 Å². The summed E-state index contributed by atoms with van der Waals surface area (Å²) in [5.41, 5.74) is 3.53. The summed E-state index contributed by atoms with van der Waals surface area (Å²) in [6, 6.07) is 5.94. The van der Waals surface area contributed by atoms with E-state index in [-0.39, 0.29) is 18.4 Å². The van der Waals surface area contributed by atoms with Crippen molar-refractivity contribution < 1.29 is 19.4 Å². The molecule has 1 aromatic carbocycles. The minimum atomic E-state index is -0.900. The molecular formula is C17H23NO4. The summed E-state index contributed by atoms with van der Waals surface area (Å²) >= 11 is 0. The summed E-state index contributed by atoms with van der Waals surface area (Å²) < 4.78 is 5.30.